The number of nitriles is 1. The molecule has 0 N–H and O–H groups in total. The minimum atomic E-state index is -0.467. The van der Waals surface area contributed by atoms with Crippen molar-refractivity contribution in [1.29, 1.82) is 5.26 Å². The van der Waals surface area contributed by atoms with Crippen LogP contribution in [-0.2, 0) is 11.8 Å². The van der Waals surface area contributed by atoms with Crippen molar-refractivity contribution in [2.24, 2.45) is 7.05 Å². The van der Waals surface area contributed by atoms with Gasteiger partial charge in [-0.05, 0) is 55.7 Å². The average molecular weight is 457 g/mol. The maximum absolute atomic E-state index is 13.0. The van der Waals surface area contributed by atoms with Gasteiger partial charge < -0.3 is 18.6 Å². The summed E-state index contributed by atoms with van der Waals surface area (Å²) in [5.74, 6) is 0.408. The Balaban J connectivity index is 1.52. The van der Waals surface area contributed by atoms with Gasteiger partial charge in [0.15, 0.2) is 11.5 Å². The minimum Gasteiger partial charge on any atom is -0.465 e. The van der Waals surface area contributed by atoms with E-state index in [9.17, 15) is 14.9 Å². The number of pyridine rings is 1. The third-order valence-electron chi connectivity index (χ3n) is 6.62. The van der Waals surface area contributed by atoms with Crippen LogP contribution in [0.1, 0.15) is 46.1 Å². The number of anilines is 1. The van der Waals surface area contributed by atoms with Crippen LogP contribution in [0.25, 0.3) is 22.0 Å². The molecule has 172 valence electrons. The average Bonchev–Trinajstić information content (AvgIpc) is 3.28. The molecule has 1 saturated heterocycles. The normalized spacial score (nSPS) is 14.5. The molecule has 2 aromatic carbocycles. The highest BCUT2D eigenvalue weighted by molar-refractivity contribution is 6.00. The number of piperidine rings is 1. The smallest absolute Gasteiger partial charge is 0.337 e. The number of benzene rings is 2. The molecule has 2 aromatic heterocycles. The first-order valence-corrected chi connectivity index (χ1v) is 11.2. The van der Waals surface area contributed by atoms with Gasteiger partial charge in [-0.25, -0.2) is 9.78 Å². The molecule has 1 aliphatic rings. The van der Waals surface area contributed by atoms with E-state index in [0.717, 1.165) is 35.4 Å². The highest BCUT2D eigenvalue weighted by Crippen LogP contribution is 2.36. The van der Waals surface area contributed by atoms with E-state index >= 15 is 0 Å². The van der Waals surface area contributed by atoms with Gasteiger partial charge in [-0.3, -0.25) is 4.79 Å². The number of rotatable bonds is 3. The lowest BCUT2D eigenvalue weighted by Crippen LogP contribution is -2.36. The van der Waals surface area contributed by atoms with Crippen molar-refractivity contribution in [3.8, 4) is 6.07 Å². The van der Waals surface area contributed by atoms with Crippen LogP contribution in [0, 0.1) is 18.3 Å². The minimum absolute atomic E-state index is 0.0767. The van der Waals surface area contributed by atoms with Crippen molar-refractivity contribution >= 4 is 33.7 Å². The van der Waals surface area contributed by atoms with Crippen LogP contribution in [0.15, 0.2) is 45.6 Å². The first-order valence-electron chi connectivity index (χ1n) is 11.2. The number of hydrogen-bond acceptors (Lipinski definition) is 7. The van der Waals surface area contributed by atoms with E-state index in [4.69, 9.17) is 14.1 Å². The van der Waals surface area contributed by atoms with E-state index in [0.29, 0.717) is 35.2 Å². The maximum Gasteiger partial charge on any atom is 0.337 e. The summed E-state index contributed by atoms with van der Waals surface area (Å²) in [5, 5.41) is 10.5. The Hall–Kier alpha value is -4.12. The second-order valence-electron chi connectivity index (χ2n) is 8.71. The summed E-state index contributed by atoms with van der Waals surface area (Å²) in [6.45, 7) is 3.28. The van der Waals surface area contributed by atoms with Crippen LogP contribution < -0.4 is 10.5 Å². The number of oxazole rings is 1. The molecule has 1 fully saturated rings. The van der Waals surface area contributed by atoms with Crippen LogP contribution >= 0.6 is 0 Å². The lowest BCUT2D eigenvalue weighted by Gasteiger charge is -2.33. The molecule has 0 amide bonds. The molecule has 34 heavy (non-hydrogen) atoms. The molecular formula is C26H24N4O4. The lowest BCUT2D eigenvalue weighted by molar-refractivity contribution is 0.0601. The number of carbonyl (C=O) groups excluding carboxylic acids is 1. The van der Waals surface area contributed by atoms with E-state index < -0.39 is 5.97 Å². The molecule has 0 unspecified atom stereocenters. The van der Waals surface area contributed by atoms with Crippen LogP contribution in [-0.4, -0.2) is 35.7 Å². The zero-order chi connectivity index (χ0) is 24.0. The zero-order valence-corrected chi connectivity index (χ0v) is 19.3. The Morgan fingerprint density at radius 1 is 1.21 bits per heavy atom. The summed E-state index contributed by atoms with van der Waals surface area (Å²) >= 11 is 0. The van der Waals surface area contributed by atoms with Gasteiger partial charge in [0.05, 0.1) is 23.9 Å². The standard InChI is InChI=1S/C26H24N4O4/c1-15-4-7-22-20(12-15)28-24(34-22)16-8-10-30(11-9-16)23-18-13-17(26(32)33-3)5-6-21(18)29(2)25(31)19(23)14-27/h4-7,12-13,16H,8-11H2,1-3H3. The third-order valence-corrected chi connectivity index (χ3v) is 6.62. The topological polar surface area (TPSA) is 101 Å². The molecule has 0 radical (unpaired) electrons. The molecule has 5 rings (SSSR count). The summed E-state index contributed by atoms with van der Waals surface area (Å²) in [6, 6.07) is 13.1. The van der Waals surface area contributed by atoms with E-state index in [-0.39, 0.29) is 17.0 Å². The molecule has 8 nitrogen and oxygen atoms in total. The number of hydrogen-bond donors (Lipinski definition) is 0. The molecule has 0 saturated carbocycles. The van der Waals surface area contributed by atoms with Crippen LogP contribution in [0.4, 0.5) is 5.69 Å². The SMILES string of the molecule is COC(=O)c1ccc2c(c1)c(N1CCC(c3nc4cc(C)ccc4o3)CC1)c(C#N)c(=O)n2C. The second-order valence-corrected chi connectivity index (χ2v) is 8.71. The molecule has 0 aliphatic carbocycles. The largest absolute Gasteiger partial charge is 0.465 e. The van der Waals surface area contributed by atoms with Crippen LogP contribution in [0.5, 0.6) is 0 Å². The predicted molar refractivity (Wildman–Crippen MR) is 128 cm³/mol. The van der Waals surface area contributed by atoms with E-state index in [1.54, 1.807) is 25.2 Å². The van der Waals surface area contributed by atoms with Gasteiger partial charge in [-0.1, -0.05) is 6.07 Å². The number of esters is 1. The number of aromatic nitrogens is 2. The Labute approximate surface area is 196 Å². The molecule has 8 heteroatoms. The van der Waals surface area contributed by atoms with Crippen molar-refractivity contribution in [2.75, 3.05) is 25.1 Å². The monoisotopic (exact) mass is 456 g/mol. The number of fused-ring (bicyclic) bond motifs is 2. The molecule has 4 aromatic rings. The predicted octanol–water partition coefficient (Wildman–Crippen LogP) is 4.03. The molecule has 0 spiro atoms. The van der Waals surface area contributed by atoms with Crippen LogP contribution in [0.3, 0.4) is 0 Å². The summed E-state index contributed by atoms with van der Waals surface area (Å²) in [7, 11) is 2.96. The number of ether oxygens (including phenoxy) is 1. The van der Waals surface area contributed by atoms with Gasteiger partial charge in [0.1, 0.15) is 17.1 Å². The molecule has 3 heterocycles. The van der Waals surface area contributed by atoms with Crippen molar-refractivity contribution in [1.82, 2.24) is 9.55 Å². The van der Waals surface area contributed by atoms with Gasteiger partial charge in [-0.2, -0.15) is 5.26 Å². The fourth-order valence-corrected chi connectivity index (χ4v) is 4.79. The van der Waals surface area contributed by atoms with Gasteiger partial charge in [0, 0.05) is 31.4 Å². The summed E-state index contributed by atoms with van der Waals surface area (Å²) in [5.41, 5.74) is 4.09. The Bertz CT molecular complexity index is 1530. The van der Waals surface area contributed by atoms with Gasteiger partial charge >= 0.3 is 5.97 Å². The van der Waals surface area contributed by atoms with Crippen LogP contribution in [0.2, 0.25) is 0 Å². The van der Waals surface area contributed by atoms with Crippen molar-refractivity contribution in [3.05, 3.63) is 69.3 Å². The first-order chi connectivity index (χ1) is 16.4. The molecule has 0 bridgehead atoms. The molecule has 0 atom stereocenters. The van der Waals surface area contributed by atoms with E-state index in [2.05, 4.69) is 11.0 Å². The highest BCUT2D eigenvalue weighted by atomic mass is 16.5. The molecule has 1 aliphatic heterocycles. The summed E-state index contributed by atoms with van der Waals surface area (Å²) < 4.78 is 12.3. The Morgan fingerprint density at radius 2 is 1.97 bits per heavy atom. The third kappa shape index (κ3) is 3.50. The fraction of sp³-hybridized carbons (Fsp3) is 0.308. The fourth-order valence-electron chi connectivity index (χ4n) is 4.79. The van der Waals surface area contributed by atoms with Crippen molar-refractivity contribution in [3.63, 3.8) is 0 Å². The maximum atomic E-state index is 13.0. The van der Waals surface area contributed by atoms with Crippen molar-refractivity contribution in [2.45, 2.75) is 25.7 Å². The van der Waals surface area contributed by atoms with Crippen molar-refractivity contribution < 1.29 is 13.9 Å². The van der Waals surface area contributed by atoms with E-state index in [1.165, 1.54) is 11.7 Å². The number of carbonyl (C=O) groups is 1. The second kappa shape index (κ2) is 8.34. The van der Waals surface area contributed by atoms with Gasteiger partial charge in [-0.15, -0.1) is 0 Å². The quantitative estimate of drug-likeness (QED) is 0.429. The number of nitrogens with zero attached hydrogens (tertiary/aromatic N) is 4. The number of methoxy groups -OCH3 is 1. The summed E-state index contributed by atoms with van der Waals surface area (Å²) in [4.78, 5) is 31.9. The lowest BCUT2D eigenvalue weighted by atomic mass is 9.95. The summed E-state index contributed by atoms with van der Waals surface area (Å²) in [6.07, 6.45) is 1.54. The Morgan fingerprint density at radius 3 is 2.68 bits per heavy atom. The first kappa shape index (κ1) is 21.7. The molecular weight excluding hydrogens is 432 g/mol. The van der Waals surface area contributed by atoms with E-state index in [1.807, 2.05) is 25.1 Å². The Kier molecular flexibility index (Phi) is 5.33. The zero-order valence-electron chi connectivity index (χ0n) is 19.3. The van der Waals surface area contributed by atoms with Gasteiger partial charge in [0.2, 0.25) is 0 Å². The van der Waals surface area contributed by atoms with Gasteiger partial charge in [0.25, 0.3) is 5.56 Å². The number of aryl methyl sites for hydroxylation is 2. The highest BCUT2D eigenvalue weighted by Gasteiger charge is 2.28.